The Hall–Kier alpha value is -2.07. The number of carbonyl (C=O) groups is 2. The van der Waals surface area contributed by atoms with Gasteiger partial charge in [0.1, 0.15) is 11.9 Å². The van der Waals surface area contributed by atoms with E-state index < -0.39 is 11.9 Å². The number of hydrogen-bond acceptors (Lipinski definition) is 6. The monoisotopic (exact) mass is 449 g/mol. The summed E-state index contributed by atoms with van der Waals surface area (Å²) in [6.07, 6.45) is 0.196. The molecule has 3 aliphatic rings. The van der Waals surface area contributed by atoms with Crippen molar-refractivity contribution in [3.8, 4) is 0 Å². The fourth-order valence-corrected chi connectivity index (χ4v) is 4.71. The fraction of sp³-hybridized carbons (Fsp3) is 0.652. The number of likely N-dealkylation sites (N-methyl/N-ethyl adjacent to an activating group) is 1. The van der Waals surface area contributed by atoms with Gasteiger partial charge in [-0.15, -0.1) is 0 Å². The standard InChI is InChI=1S/C23H32FN3O5/c1-25-8-10-26(11-9-25)22(29)12-19-6-7-20-21(32-19)15-31-14-18(28)13-27(20)23(30)16-2-4-17(24)5-3-16/h2-5,18-21,28H,6-15H2,1H3/t18-,19-,20+,21-/m0/s1. The van der Waals surface area contributed by atoms with Gasteiger partial charge in [-0.2, -0.15) is 0 Å². The molecule has 32 heavy (non-hydrogen) atoms. The first-order chi connectivity index (χ1) is 15.4. The zero-order valence-electron chi connectivity index (χ0n) is 18.5. The molecule has 0 aromatic heterocycles. The summed E-state index contributed by atoms with van der Waals surface area (Å²) in [6.45, 7) is 3.67. The van der Waals surface area contributed by atoms with E-state index in [1.54, 1.807) is 4.90 Å². The second-order valence-electron chi connectivity index (χ2n) is 8.99. The number of carbonyl (C=O) groups excluding carboxylic acids is 2. The van der Waals surface area contributed by atoms with E-state index in [1.165, 1.54) is 24.3 Å². The maximum atomic E-state index is 13.3. The Morgan fingerprint density at radius 3 is 2.53 bits per heavy atom. The summed E-state index contributed by atoms with van der Waals surface area (Å²) < 4.78 is 25.2. The van der Waals surface area contributed by atoms with Gasteiger partial charge in [-0.25, -0.2) is 4.39 Å². The number of benzene rings is 1. The number of piperazine rings is 1. The lowest BCUT2D eigenvalue weighted by Crippen LogP contribution is -2.57. The van der Waals surface area contributed by atoms with Crippen molar-refractivity contribution < 1.29 is 28.6 Å². The maximum absolute atomic E-state index is 13.3. The molecular weight excluding hydrogens is 417 g/mol. The number of amides is 2. The van der Waals surface area contributed by atoms with E-state index in [0.29, 0.717) is 24.8 Å². The maximum Gasteiger partial charge on any atom is 0.254 e. The molecule has 176 valence electrons. The van der Waals surface area contributed by atoms with Crippen LogP contribution in [0.4, 0.5) is 4.39 Å². The molecule has 0 saturated carbocycles. The molecule has 3 aliphatic heterocycles. The molecule has 3 fully saturated rings. The van der Waals surface area contributed by atoms with Gasteiger partial charge in [0, 0.05) is 38.3 Å². The Morgan fingerprint density at radius 2 is 1.81 bits per heavy atom. The van der Waals surface area contributed by atoms with Gasteiger partial charge in [-0.1, -0.05) is 0 Å². The van der Waals surface area contributed by atoms with Crippen LogP contribution in [0.1, 0.15) is 29.6 Å². The molecule has 0 unspecified atom stereocenters. The summed E-state index contributed by atoms with van der Waals surface area (Å²) in [5.41, 5.74) is 0.367. The second kappa shape index (κ2) is 10.2. The molecular formula is C23H32FN3O5. The first kappa shape index (κ1) is 23.1. The Morgan fingerprint density at radius 1 is 1.09 bits per heavy atom. The number of aliphatic hydroxyl groups is 1. The van der Waals surface area contributed by atoms with E-state index in [9.17, 15) is 19.1 Å². The van der Waals surface area contributed by atoms with Gasteiger partial charge in [0.15, 0.2) is 0 Å². The molecule has 0 spiro atoms. The van der Waals surface area contributed by atoms with Crippen LogP contribution < -0.4 is 0 Å². The fourth-order valence-electron chi connectivity index (χ4n) is 4.71. The van der Waals surface area contributed by atoms with Crippen molar-refractivity contribution in [1.82, 2.24) is 14.7 Å². The molecule has 0 aliphatic carbocycles. The van der Waals surface area contributed by atoms with E-state index in [1.807, 2.05) is 4.90 Å². The molecule has 1 N–H and O–H groups in total. The third-order valence-electron chi connectivity index (χ3n) is 6.59. The van der Waals surface area contributed by atoms with Gasteiger partial charge in [0.25, 0.3) is 5.91 Å². The highest BCUT2D eigenvalue weighted by atomic mass is 19.1. The zero-order valence-corrected chi connectivity index (χ0v) is 18.5. The number of aliphatic hydroxyl groups excluding tert-OH is 1. The normalized spacial score (nSPS) is 29.7. The smallest absolute Gasteiger partial charge is 0.254 e. The zero-order chi connectivity index (χ0) is 22.7. The van der Waals surface area contributed by atoms with Crippen molar-refractivity contribution in [2.75, 3.05) is 53.0 Å². The van der Waals surface area contributed by atoms with Gasteiger partial charge >= 0.3 is 0 Å². The number of β-amino-alcohol motifs (C(OH)–C–C–N with tert-alkyl or cyclic N) is 1. The molecule has 9 heteroatoms. The SMILES string of the molecule is CN1CCN(C(=O)C[C@@H]2CC[C@@H]3[C@H](COC[C@@H](O)CN3C(=O)c3ccc(F)cc3)O2)CC1. The summed E-state index contributed by atoms with van der Waals surface area (Å²) >= 11 is 0. The van der Waals surface area contributed by atoms with Crippen LogP contribution in [-0.2, 0) is 14.3 Å². The number of ether oxygens (including phenoxy) is 2. The summed E-state index contributed by atoms with van der Waals surface area (Å²) in [5.74, 6) is -0.575. The van der Waals surface area contributed by atoms with Crippen molar-refractivity contribution >= 4 is 11.8 Å². The van der Waals surface area contributed by atoms with Gasteiger partial charge < -0.3 is 29.3 Å². The summed E-state index contributed by atoms with van der Waals surface area (Å²) in [7, 11) is 2.05. The first-order valence-electron chi connectivity index (χ1n) is 11.3. The minimum atomic E-state index is -0.808. The van der Waals surface area contributed by atoms with Gasteiger partial charge in [0.05, 0.1) is 37.9 Å². The lowest BCUT2D eigenvalue weighted by atomic mass is 9.94. The average Bonchev–Trinajstić information content (AvgIpc) is 2.77. The van der Waals surface area contributed by atoms with Crippen LogP contribution in [-0.4, -0.2) is 109 Å². The third kappa shape index (κ3) is 5.46. The number of halogens is 1. The number of rotatable bonds is 3. The number of fused-ring (bicyclic) bond motifs is 1. The van der Waals surface area contributed by atoms with Crippen LogP contribution in [0.15, 0.2) is 24.3 Å². The van der Waals surface area contributed by atoms with Crippen LogP contribution in [0.25, 0.3) is 0 Å². The van der Waals surface area contributed by atoms with Crippen molar-refractivity contribution in [1.29, 1.82) is 0 Å². The lowest BCUT2D eigenvalue weighted by molar-refractivity contribution is -0.155. The van der Waals surface area contributed by atoms with Crippen molar-refractivity contribution in [3.05, 3.63) is 35.6 Å². The van der Waals surface area contributed by atoms with E-state index >= 15 is 0 Å². The van der Waals surface area contributed by atoms with E-state index in [2.05, 4.69) is 11.9 Å². The van der Waals surface area contributed by atoms with Crippen molar-refractivity contribution in [3.63, 3.8) is 0 Å². The highest BCUT2D eigenvalue weighted by molar-refractivity contribution is 5.94. The summed E-state index contributed by atoms with van der Waals surface area (Å²) in [4.78, 5) is 31.7. The van der Waals surface area contributed by atoms with Crippen LogP contribution in [0.2, 0.25) is 0 Å². The Labute approximate surface area is 187 Å². The van der Waals surface area contributed by atoms with E-state index in [-0.39, 0.29) is 49.8 Å². The molecule has 3 saturated heterocycles. The Balaban J connectivity index is 1.42. The minimum Gasteiger partial charge on any atom is -0.389 e. The predicted octanol–water partition coefficient (Wildman–Crippen LogP) is 0.739. The lowest BCUT2D eigenvalue weighted by Gasteiger charge is -2.44. The van der Waals surface area contributed by atoms with Gasteiger partial charge in [0.2, 0.25) is 5.91 Å². The number of hydrogen-bond donors (Lipinski definition) is 1. The molecule has 8 nitrogen and oxygen atoms in total. The molecule has 0 radical (unpaired) electrons. The van der Waals surface area contributed by atoms with E-state index in [4.69, 9.17) is 9.47 Å². The van der Waals surface area contributed by atoms with Crippen LogP contribution in [0, 0.1) is 5.82 Å². The summed E-state index contributed by atoms with van der Waals surface area (Å²) in [6, 6.07) is 5.14. The molecule has 4 atom stereocenters. The molecule has 2 amide bonds. The molecule has 1 aromatic carbocycles. The van der Waals surface area contributed by atoms with Crippen LogP contribution in [0.3, 0.4) is 0 Å². The van der Waals surface area contributed by atoms with Gasteiger partial charge in [-0.3, -0.25) is 9.59 Å². The molecule has 0 bridgehead atoms. The highest BCUT2D eigenvalue weighted by Gasteiger charge is 2.40. The summed E-state index contributed by atoms with van der Waals surface area (Å²) in [5, 5.41) is 10.3. The van der Waals surface area contributed by atoms with Crippen LogP contribution in [0.5, 0.6) is 0 Å². The first-order valence-corrected chi connectivity index (χ1v) is 11.3. The molecule has 4 rings (SSSR count). The van der Waals surface area contributed by atoms with Crippen molar-refractivity contribution in [2.45, 2.75) is 43.6 Å². The van der Waals surface area contributed by atoms with Crippen molar-refractivity contribution in [2.24, 2.45) is 0 Å². The van der Waals surface area contributed by atoms with Crippen LogP contribution >= 0.6 is 0 Å². The molecule has 1 aromatic rings. The molecule has 3 heterocycles. The van der Waals surface area contributed by atoms with Gasteiger partial charge in [-0.05, 0) is 44.2 Å². The third-order valence-corrected chi connectivity index (χ3v) is 6.59. The predicted molar refractivity (Wildman–Crippen MR) is 115 cm³/mol. The second-order valence-corrected chi connectivity index (χ2v) is 8.99. The highest BCUT2D eigenvalue weighted by Crippen LogP contribution is 2.29. The average molecular weight is 450 g/mol. The topological polar surface area (TPSA) is 82.6 Å². The number of nitrogens with zero attached hydrogens (tertiary/aromatic N) is 3. The Kier molecular flexibility index (Phi) is 7.40. The largest absolute Gasteiger partial charge is 0.389 e. The minimum absolute atomic E-state index is 0.1000. The quantitative estimate of drug-likeness (QED) is 0.733. The Bertz CT molecular complexity index is 799. The van der Waals surface area contributed by atoms with E-state index in [0.717, 1.165) is 26.2 Å².